The highest BCUT2D eigenvalue weighted by Gasteiger charge is 2.35. The zero-order valence-corrected chi connectivity index (χ0v) is 19.8. The number of aromatic nitrogens is 2. The number of rotatable bonds is 8. The van der Waals surface area contributed by atoms with Gasteiger partial charge in [0.15, 0.2) is 0 Å². The fourth-order valence-corrected chi connectivity index (χ4v) is 5.32. The number of fused-ring (bicyclic) bond motifs is 1. The van der Waals surface area contributed by atoms with Crippen molar-refractivity contribution in [2.45, 2.75) is 23.8 Å². The molecule has 2 heterocycles. The molecule has 0 bridgehead atoms. The van der Waals surface area contributed by atoms with Crippen molar-refractivity contribution in [3.8, 4) is 5.88 Å². The summed E-state index contributed by atoms with van der Waals surface area (Å²) in [6.07, 6.45) is 3.51. The van der Waals surface area contributed by atoms with Crippen molar-refractivity contribution < 1.29 is 17.9 Å². The van der Waals surface area contributed by atoms with Crippen LogP contribution in [0.1, 0.15) is 34.9 Å². The van der Waals surface area contributed by atoms with Crippen molar-refractivity contribution in [1.29, 1.82) is 0 Å². The summed E-state index contributed by atoms with van der Waals surface area (Å²) in [6.45, 7) is 0. The number of methoxy groups -OCH3 is 1. The van der Waals surface area contributed by atoms with Gasteiger partial charge < -0.3 is 10.1 Å². The second kappa shape index (κ2) is 9.34. The molecule has 5 rings (SSSR count). The summed E-state index contributed by atoms with van der Waals surface area (Å²) < 4.78 is 34.5. The lowest BCUT2D eigenvalue weighted by atomic mass is 10.1. The maximum absolute atomic E-state index is 13.4. The van der Waals surface area contributed by atoms with Gasteiger partial charge in [-0.1, -0.05) is 36.4 Å². The number of nitrogens with one attached hydrogen (secondary N) is 2. The van der Waals surface area contributed by atoms with Gasteiger partial charge in [-0.2, -0.15) is 0 Å². The number of ether oxygens (including phenoxy) is 1. The molecule has 9 heteroatoms. The number of pyridine rings is 2. The molecule has 4 aromatic rings. The fourth-order valence-electron chi connectivity index (χ4n) is 4.06. The first-order chi connectivity index (χ1) is 17.0. The quantitative estimate of drug-likeness (QED) is 0.382. The Labute approximate surface area is 203 Å². The molecule has 1 saturated carbocycles. The van der Waals surface area contributed by atoms with E-state index in [-0.39, 0.29) is 34.0 Å². The van der Waals surface area contributed by atoms with Crippen molar-refractivity contribution in [2.75, 3.05) is 11.8 Å². The van der Waals surface area contributed by atoms with E-state index in [0.29, 0.717) is 22.5 Å². The van der Waals surface area contributed by atoms with Crippen molar-refractivity contribution in [1.82, 2.24) is 15.3 Å². The number of hydrogen-bond donors (Lipinski definition) is 2. The highest BCUT2D eigenvalue weighted by atomic mass is 32.2. The Balaban J connectivity index is 1.44. The van der Waals surface area contributed by atoms with E-state index in [4.69, 9.17) is 4.74 Å². The van der Waals surface area contributed by atoms with Gasteiger partial charge >= 0.3 is 0 Å². The van der Waals surface area contributed by atoms with E-state index >= 15 is 0 Å². The molecule has 1 unspecified atom stereocenters. The summed E-state index contributed by atoms with van der Waals surface area (Å²) in [5.74, 6) is 0.351. The van der Waals surface area contributed by atoms with E-state index in [9.17, 15) is 13.2 Å². The van der Waals surface area contributed by atoms with Gasteiger partial charge in [0.1, 0.15) is 4.90 Å². The number of anilines is 1. The first kappa shape index (κ1) is 22.8. The summed E-state index contributed by atoms with van der Waals surface area (Å²) in [6, 6.07) is 20.2. The molecular formula is C26H24N4O4S. The second-order valence-corrected chi connectivity index (χ2v) is 10.0. The molecule has 178 valence electrons. The second-order valence-electron chi connectivity index (χ2n) is 8.38. The smallest absolute Gasteiger partial charge is 0.264 e. The van der Waals surface area contributed by atoms with Crippen LogP contribution in [0.4, 0.5) is 5.69 Å². The lowest BCUT2D eigenvalue weighted by Gasteiger charge is -2.20. The van der Waals surface area contributed by atoms with Crippen LogP contribution in [0.3, 0.4) is 0 Å². The highest BCUT2D eigenvalue weighted by molar-refractivity contribution is 7.93. The minimum Gasteiger partial charge on any atom is -0.481 e. The van der Waals surface area contributed by atoms with E-state index in [1.807, 2.05) is 12.1 Å². The Kier molecular flexibility index (Phi) is 6.08. The fraction of sp³-hybridized carbons (Fsp3) is 0.192. The topological polar surface area (TPSA) is 110 Å². The molecule has 0 radical (unpaired) electrons. The molecule has 2 aromatic heterocycles. The van der Waals surface area contributed by atoms with E-state index < -0.39 is 10.0 Å². The van der Waals surface area contributed by atoms with E-state index in [1.54, 1.807) is 67.9 Å². The molecule has 1 aliphatic rings. The van der Waals surface area contributed by atoms with Crippen molar-refractivity contribution in [3.63, 3.8) is 0 Å². The Hall–Kier alpha value is -3.98. The number of hydrogen-bond acceptors (Lipinski definition) is 6. The number of benzene rings is 2. The summed E-state index contributed by atoms with van der Waals surface area (Å²) in [4.78, 5) is 22.1. The van der Waals surface area contributed by atoms with Crippen LogP contribution >= 0.6 is 0 Å². The van der Waals surface area contributed by atoms with Crippen LogP contribution in [0, 0.1) is 5.92 Å². The van der Waals surface area contributed by atoms with Gasteiger partial charge in [0, 0.05) is 17.6 Å². The summed E-state index contributed by atoms with van der Waals surface area (Å²) in [5.41, 5.74) is 1.48. The third-order valence-corrected chi connectivity index (χ3v) is 7.35. The van der Waals surface area contributed by atoms with Crippen LogP contribution in [0.2, 0.25) is 0 Å². The van der Waals surface area contributed by atoms with Crippen LogP contribution < -0.4 is 14.8 Å². The molecule has 2 aromatic carbocycles. The maximum Gasteiger partial charge on any atom is 0.264 e. The van der Waals surface area contributed by atoms with Crippen LogP contribution in [0.25, 0.3) is 10.9 Å². The summed E-state index contributed by atoms with van der Waals surface area (Å²) in [7, 11) is -2.46. The molecule has 0 spiro atoms. The third kappa shape index (κ3) is 4.81. The van der Waals surface area contributed by atoms with Gasteiger partial charge in [-0.3, -0.25) is 14.5 Å². The van der Waals surface area contributed by atoms with Gasteiger partial charge in [0.05, 0.1) is 35.6 Å². The SMILES string of the molecule is COc1cccc(C(NC(=O)c2ccccc2NS(=O)(=O)c2cccc3cccnc23)C2CC2)n1. The molecule has 1 fully saturated rings. The maximum atomic E-state index is 13.4. The van der Waals surface area contributed by atoms with Crippen molar-refractivity contribution in [2.24, 2.45) is 5.92 Å². The zero-order valence-electron chi connectivity index (χ0n) is 19.0. The number of para-hydroxylation sites is 2. The predicted octanol–water partition coefficient (Wildman–Crippen LogP) is 4.32. The summed E-state index contributed by atoms with van der Waals surface area (Å²) in [5, 5.41) is 3.76. The average molecular weight is 489 g/mol. The summed E-state index contributed by atoms with van der Waals surface area (Å²) >= 11 is 0. The highest BCUT2D eigenvalue weighted by Crippen LogP contribution is 2.41. The average Bonchev–Trinajstić information content (AvgIpc) is 3.72. The molecule has 1 aliphatic carbocycles. The number of sulfonamides is 1. The normalized spacial score (nSPS) is 14.3. The lowest BCUT2D eigenvalue weighted by molar-refractivity contribution is 0.0931. The Morgan fingerprint density at radius 3 is 2.57 bits per heavy atom. The Morgan fingerprint density at radius 1 is 1.00 bits per heavy atom. The monoisotopic (exact) mass is 488 g/mol. The molecular weight excluding hydrogens is 464 g/mol. The van der Waals surface area contributed by atoms with Crippen LogP contribution in [0.5, 0.6) is 5.88 Å². The number of nitrogens with zero attached hydrogens (tertiary/aromatic N) is 2. The Morgan fingerprint density at radius 2 is 1.77 bits per heavy atom. The minimum absolute atomic E-state index is 0.0437. The van der Waals surface area contributed by atoms with Gasteiger partial charge in [-0.15, -0.1) is 0 Å². The molecule has 35 heavy (non-hydrogen) atoms. The van der Waals surface area contributed by atoms with Gasteiger partial charge in [-0.25, -0.2) is 13.4 Å². The number of amides is 1. The van der Waals surface area contributed by atoms with E-state index in [0.717, 1.165) is 12.8 Å². The van der Waals surface area contributed by atoms with Crippen molar-refractivity contribution >= 4 is 32.5 Å². The molecule has 2 N–H and O–H groups in total. The standard InChI is InChI=1S/C26H24N4O4S/c1-34-23-13-5-11-21(28-23)24(18-14-15-18)29-26(31)19-9-2-3-10-20(19)30-35(32,33)22-12-4-7-17-8-6-16-27-25(17)22/h2-13,16,18,24,30H,14-15H2,1H3,(H,29,31). The molecule has 1 atom stereocenters. The first-order valence-corrected chi connectivity index (χ1v) is 12.7. The molecule has 1 amide bonds. The van der Waals surface area contributed by atoms with Crippen LogP contribution in [0.15, 0.2) is 83.9 Å². The first-order valence-electron chi connectivity index (χ1n) is 11.2. The minimum atomic E-state index is -4.01. The van der Waals surface area contributed by atoms with Gasteiger partial charge in [0.25, 0.3) is 15.9 Å². The lowest BCUT2D eigenvalue weighted by Crippen LogP contribution is -2.31. The predicted molar refractivity (Wildman–Crippen MR) is 133 cm³/mol. The third-order valence-electron chi connectivity index (χ3n) is 5.95. The van der Waals surface area contributed by atoms with Gasteiger partial charge in [0.2, 0.25) is 5.88 Å². The number of carbonyl (C=O) groups is 1. The molecule has 8 nitrogen and oxygen atoms in total. The van der Waals surface area contributed by atoms with E-state index in [2.05, 4.69) is 20.0 Å². The largest absolute Gasteiger partial charge is 0.481 e. The molecule has 0 saturated heterocycles. The van der Waals surface area contributed by atoms with Gasteiger partial charge in [-0.05, 0) is 49.1 Å². The van der Waals surface area contributed by atoms with Crippen LogP contribution in [-0.2, 0) is 10.0 Å². The zero-order chi connectivity index (χ0) is 24.4. The molecule has 0 aliphatic heterocycles. The Bertz CT molecular complexity index is 1500. The van der Waals surface area contributed by atoms with Crippen molar-refractivity contribution in [3.05, 3.63) is 90.3 Å². The van der Waals surface area contributed by atoms with Crippen LogP contribution in [-0.4, -0.2) is 31.4 Å². The number of carbonyl (C=O) groups excluding carboxylic acids is 1. The van der Waals surface area contributed by atoms with E-state index in [1.165, 1.54) is 6.07 Å².